The van der Waals surface area contributed by atoms with Gasteiger partial charge < -0.3 is 10.1 Å². The summed E-state index contributed by atoms with van der Waals surface area (Å²) in [5.41, 5.74) is 4.07. The van der Waals surface area contributed by atoms with Crippen LogP contribution in [0.4, 0.5) is 5.69 Å². The van der Waals surface area contributed by atoms with Gasteiger partial charge in [-0.25, -0.2) is 4.98 Å². The van der Waals surface area contributed by atoms with E-state index in [0.29, 0.717) is 18.0 Å². The summed E-state index contributed by atoms with van der Waals surface area (Å²) < 4.78 is 5.68. The van der Waals surface area contributed by atoms with Crippen LogP contribution in [-0.2, 0) is 11.4 Å². The maximum absolute atomic E-state index is 12.7. The fraction of sp³-hybridized carbons (Fsp3) is 0.0417. The first-order valence-electron chi connectivity index (χ1n) is 9.24. The molecule has 0 aliphatic carbocycles. The number of rotatable bonds is 6. The number of carbonyl (C=O) groups is 1. The van der Waals surface area contributed by atoms with E-state index in [-0.39, 0.29) is 5.57 Å². The lowest BCUT2D eigenvalue weighted by atomic mass is 10.1. The van der Waals surface area contributed by atoms with Crippen molar-refractivity contribution in [2.75, 3.05) is 5.32 Å². The van der Waals surface area contributed by atoms with Crippen molar-refractivity contribution in [1.82, 2.24) is 4.98 Å². The molecule has 0 atom stereocenters. The summed E-state index contributed by atoms with van der Waals surface area (Å²) in [7, 11) is 0. The monoisotopic (exact) mass is 411 g/mol. The standard InChI is InChI=1S/C24H17N3O2S/c25-13-19(24(28)27-23-7-3-5-18-4-1-2-6-22(18)23)12-17-8-10-21(11-9-17)29-14-20-15-30-16-26-20/h1-12,15-16H,14H2,(H,27,28)/b19-12+. The number of aromatic nitrogens is 1. The summed E-state index contributed by atoms with van der Waals surface area (Å²) in [6.45, 7) is 0.398. The molecule has 0 fully saturated rings. The molecule has 0 saturated carbocycles. The molecular formula is C24H17N3O2S. The number of hydrogen-bond donors (Lipinski definition) is 1. The molecule has 4 rings (SSSR count). The normalized spacial score (nSPS) is 11.1. The Balaban J connectivity index is 1.47. The third-order valence-corrected chi connectivity index (χ3v) is 5.10. The number of anilines is 1. The maximum Gasteiger partial charge on any atom is 0.266 e. The zero-order valence-corrected chi connectivity index (χ0v) is 16.7. The highest BCUT2D eigenvalue weighted by Crippen LogP contribution is 2.24. The third-order valence-electron chi connectivity index (χ3n) is 4.46. The molecule has 30 heavy (non-hydrogen) atoms. The number of carbonyl (C=O) groups excluding carboxylic acids is 1. The molecule has 0 radical (unpaired) electrons. The second-order valence-corrected chi connectivity index (χ2v) is 7.21. The summed E-state index contributed by atoms with van der Waals surface area (Å²) in [4.78, 5) is 16.8. The van der Waals surface area contributed by atoms with Crippen LogP contribution < -0.4 is 10.1 Å². The van der Waals surface area contributed by atoms with Gasteiger partial charge in [0.15, 0.2) is 0 Å². The minimum absolute atomic E-state index is 0.0269. The lowest BCUT2D eigenvalue weighted by molar-refractivity contribution is -0.112. The van der Waals surface area contributed by atoms with Crippen LogP contribution in [0.2, 0.25) is 0 Å². The van der Waals surface area contributed by atoms with Gasteiger partial charge in [-0.3, -0.25) is 4.79 Å². The van der Waals surface area contributed by atoms with Crippen LogP contribution in [0.15, 0.2) is 83.2 Å². The van der Waals surface area contributed by atoms with Gasteiger partial charge in [-0.15, -0.1) is 11.3 Å². The number of fused-ring (bicyclic) bond motifs is 1. The lowest BCUT2D eigenvalue weighted by Crippen LogP contribution is -2.13. The van der Waals surface area contributed by atoms with Crippen molar-refractivity contribution in [2.24, 2.45) is 0 Å². The molecule has 146 valence electrons. The largest absolute Gasteiger partial charge is 0.487 e. The number of benzene rings is 3. The predicted molar refractivity (Wildman–Crippen MR) is 119 cm³/mol. The van der Waals surface area contributed by atoms with E-state index in [1.807, 2.05) is 53.9 Å². The van der Waals surface area contributed by atoms with Gasteiger partial charge in [0, 0.05) is 16.5 Å². The first-order chi connectivity index (χ1) is 14.7. The number of nitrogens with zero attached hydrogens (tertiary/aromatic N) is 2. The highest BCUT2D eigenvalue weighted by atomic mass is 32.1. The number of nitrogens with one attached hydrogen (secondary N) is 1. The molecule has 0 spiro atoms. The average molecular weight is 411 g/mol. The van der Waals surface area contributed by atoms with E-state index in [2.05, 4.69) is 10.3 Å². The van der Waals surface area contributed by atoms with Crippen molar-refractivity contribution >= 4 is 39.8 Å². The molecule has 0 bridgehead atoms. The number of thiazole rings is 1. The number of ether oxygens (including phenoxy) is 1. The summed E-state index contributed by atoms with van der Waals surface area (Å²) in [6.07, 6.45) is 1.56. The van der Waals surface area contributed by atoms with Gasteiger partial charge in [0.25, 0.3) is 5.91 Å². The highest BCUT2D eigenvalue weighted by molar-refractivity contribution is 7.07. The van der Waals surface area contributed by atoms with E-state index in [1.165, 1.54) is 11.3 Å². The van der Waals surface area contributed by atoms with Gasteiger partial charge >= 0.3 is 0 Å². The average Bonchev–Trinajstić information content (AvgIpc) is 3.31. The van der Waals surface area contributed by atoms with Gasteiger partial charge in [-0.2, -0.15) is 5.26 Å². The van der Waals surface area contributed by atoms with Crippen molar-refractivity contribution in [3.63, 3.8) is 0 Å². The van der Waals surface area contributed by atoms with Crippen LogP contribution >= 0.6 is 11.3 Å². The molecule has 0 aliphatic heterocycles. The lowest BCUT2D eigenvalue weighted by Gasteiger charge is -2.08. The molecule has 3 aromatic carbocycles. The van der Waals surface area contributed by atoms with Crippen molar-refractivity contribution < 1.29 is 9.53 Å². The predicted octanol–water partition coefficient (Wildman–Crippen LogP) is 5.42. The summed E-state index contributed by atoms with van der Waals surface area (Å²) in [5.74, 6) is 0.247. The van der Waals surface area contributed by atoms with Crippen molar-refractivity contribution in [2.45, 2.75) is 6.61 Å². The molecule has 1 amide bonds. The Hall–Kier alpha value is -3.95. The molecule has 1 N–H and O–H groups in total. The number of nitriles is 1. The van der Waals surface area contributed by atoms with Gasteiger partial charge in [0.2, 0.25) is 0 Å². The van der Waals surface area contributed by atoms with E-state index in [9.17, 15) is 10.1 Å². The van der Waals surface area contributed by atoms with Crippen LogP contribution in [0.1, 0.15) is 11.3 Å². The Morgan fingerprint density at radius 1 is 1.10 bits per heavy atom. The zero-order chi connectivity index (χ0) is 20.8. The molecule has 1 heterocycles. The molecule has 5 nitrogen and oxygen atoms in total. The number of hydrogen-bond acceptors (Lipinski definition) is 5. The van der Waals surface area contributed by atoms with Crippen LogP contribution in [0, 0.1) is 11.3 Å². The second-order valence-electron chi connectivity index (χ2n) is 6.49. The summed E-state index contributed by atoms with van der Waals surface area (Å²) >= 11 is 1.52. The van der Waals surface area contributed by atoms with Crippen LogP contribution in [-0.4, -0.2) is 10.9 Å². The SMILES string of the molecule is N#C/C(=C\c1ccc(OCc2cscn2)cc1)C(=O)Nc1cccc2ccccc12. The highest BCUT2D eigenvalue weighted by Gasteiger charge is 2.11. The van der Waals surface area contributed by atoms with Crippen LogP contribution in [0.3, 0.4) is 0 Å². The molecule has 0 aliphatic rings. The Morgan fingerprint density at radius 3 is 2.67 bits per heavy atom. The van der Waals surface area contributed by atoms with E-state index in [4.69, 9.17) is 4.74 Å². The van der Waals surface area contributed by atoms with E-state index >= 15 is 0 Å². The minimum Gasteiger partial charge on any atom is -0.487 e. The van der Waals surface area contributed by atoms with Crippen LogP contribution in [0.5, 0.6) is 5.75 Å². The van der Waals surface area contributed by atoms with E-state index in [0.717, 1.165) is 22.0 Å². The molecule has 6 heteroatoms. The summed E-state index contributed by atoms with van der Waals surface area (Å²) in [6, 6.07) is 22.6. The molecule has 1 aromatic heterocycles. The topological polar surface area (TPSA) is 75.0 Å². The van der Waals surface area contributed by atoms with Gasteiger partial charge in [-0.1, -0.05) is 48.5 Å². The van der Waals surface area contributed by atoms with Gasteiger partial charge in [0.1, 0.15) is 24.0 Å². The fourth-order valence-electron chi connectivity index (χ4n) is 2.97. The molecule has 4 aromatic rings. The Morgan fingerprint density at radius 2 is 1.90 bits per heavy atom. The molecular weight excluding hydrogens is 394 g/mol. The minimum atomic E-state index is -0.447. The van der Waals surface area contributed by atoms with Crippen molar-refractivity contribution in [3.8, 4) is 11.8 Å². The van der Waals surface area contributed by atoms with E-state index < -0.39 is 5.91 Å². The smallest absolute Gasteiger partial charge is 0.266 e. The maximum atomic E-state index is 12.7. The van der Waals surface area contributed by atoms with E-state index in [1.54, 1.807) is 35.9 Å². The zero-order valence-electron chi connectivity index (χ0n) is 15.9. The Labute approximate surface area is 177 Å². The second kappa shape index (κ2) is 9.03. The Kier molecular flexibility index (Phi) is 5.83. The quantitative estimate of drug-likeness (QED) is 0.339. The third kappa shape index (κ3) is 4.54. The van der Waals surface area contributed by atoms with Crippen LogP contribution in [0.25, 0.3) is 16.8 Å². The van der Waals surface area contributed by atoms with Gasteiger partial charge in [-0.05, 0) is 35.2 Å². The van der Waals surface area contributed by atoms with Crippen molar-refractivity contribution in [3.05, 3.63) is 94.5 Å². The Bertz CT molecular complexity index is 1230. The first-order valence-corrected chi connectivity index (χ1v) is 10.2. The summed E-state index contributed by atoms with van der Waals surface area (Å²) in [5, 5.41) is 16.2. The van der Waals surface area contributed by atoms with Crippen molar-refractivity contribution in [1.29, 1.82) is 5.26 Å². The number of amides is 1. The first kappa shape index (κ1) is 19.4. The molecule has 0 saturated heterocycles. The van der Waals surface area contributed by atoms with Gasteiger partial charge in [0.05, 0.1) is 11.2 Å². The molecule has 0 unspecified atom stereocenters. The fourth-order valence-corrected chi connectivity index (χ4v) is 3.51.